The predicted octanol–water partition coefficient (Wildman–Crippen LogP) is 4.81. The molecule has 2 rings (SSSR count). The molecule has 2 aromatic rings. The van der Waals surface area contributed by atoms with Gasteiger partial charge in [0.15, 0.2) is 6.29 Å². The van der Waals surface area contributed by atoms with Gasteiger partial charge in [-0.05, 0) is 43.7 Å². The summed E-state index contributed by atoms with van der Waals surface area (Å²) in [5.74, 6) is 0.501. The van der Waals surface area contributed by atoms with Crippen molar-refractivity contribution in [2.75, 3.05) is 26.3 Å². The Hall–Kier alpha value is -2.21. The van der Waals surface area contributed by atoms with Crippen molar-refractivity contribution in [2.24, 2.45) is 11.7 Å². The molecule has 0 spiro atoms. The zero-order chi connectivity index (χ0) is 23.3. The number of carbonyl (C=O) groups is 1. The Balaban J connectivity index is 2.23. The van der Waals surface area contributed by atoms with E-state index >= 15 is 0 Å². The summed E-state index contributed by atoms with van der Waals surface area (Å²) in [6.07, 6.45) is 0.996. The topological polar surface area (TPSA) is 64.8 Å². The largest absolute Gasteiger partial charge is 0.351 e. The number of hydrogen-bond acceptors (Lipinski definition) is 4. The average molecular weight is 441 g/mol. The molecule has 2 aromatic carbocycles. The van der Waals surface area contributed by atoms with Crippen LogP contribution in [0, 0.1) is 5.92 Å². The molecule has 176 valence electrons. The van der Waals surface area contributed by atoms with Crippen LogP contribution in [0.5, 0.6) is 0 Å². The van der Waals surface area contributed by atoms with Crippen LogP contribution in [0.25, 0.3) is 0 Å². The number of rotatable bonds is 14. The van der Waals surface area contributed by atoms with Gasteiger partial charge in [-0.25, -0.2) is 0 Å². The first-order valence-electron chi connectivity index (χ1n) is 11.8. The molecule has 0 saturated heterocycles. The Morgan fingerprint density at radius 1 is 0.906 bits per heavy atom. The van der Waals surface area contributed by atoms with Crippen LogP contribution in [-0.4, -0.2) is 49.4 Å². The Morgan fingerprint density at radius 2 is 1.41 bits per heavy atom. The summed E-state index contributed by atoms with van der Waals surface area (Å²) in [5.41, 5.74) is 8.78. The molecular weight excluding hydrogens is 400 g/mol. The normalized spacial score (nSPS) is 12.5. The smallest absolute Gasteiger partial charge is 0.239 e. The van der Waals surface area contributed by atoms with Crippen molar-refractivity contribution < 1.29 is 14.3 Å². The van der Waals surface area contributed by atoms with Crippen molar-refractivity contribution in [3.63, 3.8) is 0 Å². The lowest BCUT2D eigenvalue weighted by Crippen LogP contribution is -2.48. The minimum Gasteiger partial charge on any atom is -0.351 e. The van der Waals surface area contributed by atoms with E-state index in [1.807, 2.05) is 30.9 Å². The van der Waals surface area contributed by atoms with Gasteiger partial charge in [0, 0.05) is 25.7 Å². The van der Waals surface area contributed by atoms with Crippen LogP contribution >= 0.6 is 0 Å². The van der Waals surface area contributed by atoms with Crippen LogP contribution in [0.15, 0.2) is 60.7 Å². The van der Waals surface area contributed by atoms with Gasteiger partial charge in [-0.15, -0.1) is 0 Å². The summed E-state index contributed by atoms with van der Waals surface area (Å²) < 4.78 is 11.5. The summed E-state index contributed by atoms with van der Waals surface area (Å²) in [6.45, 7) is 10.1. The minimum absolute atomic E-state index is 0.0389. The summed E-state index contributed by atoms with van der Waals surface area (Å²) in [5, 5.41) is 0. The minimum atomic E-state index is -0.522. The number of hydrogen-bond donors (Lipinski definition) is 1. The van der Waals surface area contributed by atoms with E-state index in [4.69, 9.17) is 15.2 Å². The van der Waals surface area contributed by atoms with Gasteiger partial charge in [-0.2, -0.15) is 0 Å². The molecule has 5 nitrogen and oxygen atoms in total. The summed E-state index contributed by atoms with van der Waals surface area (Å²) >= 11 is 0. The molecule has 0 radical (unpaired) electrons. The SMILES string of the molecule is CCOC(CN(CCC(c1ccccc1)c1ccccc1)C(=O)C(N)CC(C)C)OCC. The van der Waals surface area contributed by atoms with Crippen molar-refractivity contribution >= 4 is 5.91 Å². The standard InChI is InChI=1S/C27H40N2O3/c1-5-31-26(32-6-2)20-29(27(30)25(28)19-21(3)4)18-17-24(22-13-9-7-10-14-22)23-15-11-8-12-16-23/h7-16,21,24-26H,5-6,17-20,28H2,1-4H3. The maximum absolute atomic E-state index is 13.3. The first-order valence-corrected chi connectivity index (χ1v) is 11.8. The predicted molar refractivity (Wildman–Crippen MR) is 130 cm³/mol. The molecule has 0 saturated carbocycles. The number of benzene rings is 2. The second-order valence-corrected chi connectivity index (χ2v) is 8.52. The monoisotopic (exact) mass is 440 g/mol. The third-order valence-electron chi connectivity index (χ3n) is 5.52. The number of amides is 1. The van der Waals surface area contributed by atoms with Crippen LogP contribution in [0.1, 0.15) is 57.6 Å². The summed E-state index contributed by atoms with van der Waals surface area (Å²) in [6, 6.07) is 20.4. The van der Waals surface area contributed by atoms with Gasteiger partial charge in [0.2, 0.25) is 5.91 Å². The number of carbonyl (C=O) groups excluding carboxylic acids is 1. The van der Waals surface area contributed by atoms with Gasteiger partial charge in [-0.3, -0.25) is 4.79 Å². The van der Waals surface area contributed by atoms with Gasteiger partial charge in [0.1, 0.15) is 0 Å². The molecule has 1 unspecified atom stereocenters. The maximum Gasteiger partial charge on any atom is 0.239 e. The highest BCUT2D eigenvalue weighted by atomic mass is 16.7. The van der Waals surface area contributed by atoms with Crippen LogP contribution < -0.4 is 5.73 Å². The Morgan fingerprint density at radius 3 is 1.84 bits per heavy atom. The molecular formula is C27H40N2O3. The lowest BCUT2D eigenvalue weighted by Gasteiger charge is -2.31. The van der Waals surface area contributed by atoms with Crippen LogP contribution in [0.4, 0.5) is 0 Å². The Bertz CT molecular complexity index is 721. The number of nitrogens with zero attached hydrogens (tertiary/aromatic N) is 1. The zero-order valence-corrected chi connectivity index (χ0v) is 20.1. The van der Waals surface area contributed by atoms with Gasteiger partial charge in [0.05, 0.1) is 12.6 Å². The van der Waals surface area contributed by atoms with E-state index in [2.05, 4.69) is 62.4 Å². The third kappa shape index (κ3) is 8.38. The highest BCUT2D eigenvalue weighted by Crippen LogP contribution is 2.28. The van der Waals surface area contributed by atoms with E-state index in [-0.39, 0.29) is 11.8 Å². The molecule has 0 bridgehead atoms. The molecule has 0 aromatic heterocycles. The number of nitrogens with two attached hydrogens (primary N) is 1. The van der Waals surface area contributed by atoms with Crippen LogP contribution in [0.2, 0.25) is 0 Å². The highest BCUT2D eigenvalue weighted by Gasteiger charge is 2.26. The van der Waals surface area contributed by atoms with E-state index in [0.717, 1.165) is 6.42 Å². The highest BCUT2D eigenvalue weighted by molar-refractivity contribution is 5.81. The van der Waals surface area contributed by atoms with Gasteiger partial charge in [0.25, 0.3) is 0 Å². The molecule has 5 heteroatoms. The van der Waals surface area contributed by atoms with Gasteiger partial charge >= 0.3 is 0 Å². The molecule has 1 atom stereocenters. The fourth-order valence-corrected chi connectivity index (χ4v) is 4.02. The molecule has 0 fully saturated rings. The third-order valence-corrected chi connectivity index (χ3v) is 5.52. The lowest BCUT2D eigenvalue weighted by molar-refractivity contribution is -0.159. The fourth-order valence-electron chi connectivity index (χ4n) is 4.02. The van der Waals surface area contributed by atoms with E-state index in [1.165, 1.54) is 11.1 Å². The second kappa shape index (κ2) is 14.0. The van der Waals surface area contributed by atoms with Crippen LogP contribution in [0.3, 0.4) is 0 Å². The van der Waals surface area contributed by atoms with Crippen molar-refractivity contribution in [1.82, 2.24) is 4.90 Å². The summed E-state index contributed by atoms with van der Waals surface area (Å²) in [4.78, 5) is 15.1. The van der Waals surface area contributed by atoms with Crippen molar-refractivity contribution in [3.8, 4) is 0 Å². The van der Waals surface area contributed by atoms with E-state index in [0.29, 0.717) is 38.6 Å². The Labute approximate surface area is 193 Å². The number of ether oxygens (including phenoxy) is 2. The molecule has 1 amide bonds. The van der Waals surface area contributed by atoms with Crippen LogP contribution in [-0.2, 0) is 14.3 Å². The van der Waals surface area contributed by atoms with E-state index in [9.17, 15) is 4.79 Å². The molecule has 0 aliphatic rings. The zero-order valence-electron chi connectivity index (χ0n) is 20.1. The van der Waals surface area contributed by atoms with Crippen molar-refractivity contribution in [2.45, 2.75) is 58.8 Å². The molecule has 0 aliphatic carbocycles. The quantitative estimate of drug-likeness (QED) is 0.428. The van der Waals surface area contributed by atoms with E-state index < -0.39 is 12.3 Å². The van der Waals surface area contributed by atoms with Crippen molar-refractivity contribution in [1.29, 1.82) is 0 Å². The second-order valence-electron chi connectivity index (χ2n) is 8.52. The van der Waals surface area contributed by atoms with Gasteiger partial charge in [-0.1, -0.05) is 74.5 Å². The first-order chi connectivity index (χ1) is 15.5. The maximum atomic E-state index is 13.3. The van der Waals surface area contributed by atoms with E-state index in [1.54, 1.807) is 0 Å². The van der Waals surface area contributed by atoms with Crippen molar-refractivity contribution in [3.05, 3.63) is 71.8 Å². The summed E-state index contributed by atoms with van der Waals surface area (Å²) in [7, 11) is 0. The molecule has 32 heavy (non-hydrogen) atoms. The molecule has 0 aliphatic heterocycles. The van der Waals surface area contributed by atoms with Gasteiger partial charge < -0.3 is 20.1 Å². The fraction of sp³-hybridized carbons (Fsp3) is 0.519. The molecule has 2 N–H and O–H groups in total. The average Bonchev–Trinajstić information content (AvgIpc) is 2.79. The first kappa shape index (κ1) is 26.0. The Kier molecular flexibility index (Phi) is 11.4. The lowest BCUT2D eigenvalue weighted by atomic mass is 9.88. The molecule has 0 heterocycles.